The number of hydrogen-bond acceptors (Lipinski definition) is 4. The third-order valence-electron chi connectivity index (χ3n) is 4.05. The van der Waals surface area contributed by atoms with E-state index in [1.54, 1.807) is 14.2 Å². The predicted molar refractivity (Wildman–Crippen MR) is 79.8 cm³/mol. The molecule has 1 fully saturated rings. The standard InChI is InChI=1S/C15H30N2O3/c1-4-6-15(7-8-16-13-15)14(18)17(10-12-20-3)9-5-11-19-2/h16H,4-13H2,1-3H3. The van der Waals surface area contributed by atoms with Crippen molar-refractivity contribution in [3.63, 3.8) is 0 Å². The van der Waals surface area contributed by atoms with Gasteiger partial charge < -0.3 is 19.7 Å². The lowest BCUT2D eigenvalue weighted by molar-refractivity contribution is -0.142. The quantitative estimate of drug-likeness (QED) is 0.615. The van der Waals surface area contributed by atoms with E-state index in [2.05, 4.69) is 12.2 Å². The van der Waals surface area contributed by atoms with Crippen molar-refractivity contribution < 1.29 is 14.3 Å². The van der Waals surface area contributed by atoms with Gasteiger partial charge in [0, 0.05) is 40.5 Å². The fraction of sp³-hybridized carbons (Fsp3) is 0.933. The zero-order valence-corrected chi connectivity index (χ0v) is 13.2. The maximum Gasteiger partial charge on any atom is 0.230 e. The van der Waals surface area contributed by atoms with E-state index >= 15 is 0 Å². The summed E-state index contributed by atoms with van der Waals surface area (Å²) < 4.78 is 10.2. The number of methoxy groups -OCH3 is 2. The van der Waals surface area contributed by atoms with Crippen molar-refractivity contribution in [2.24, 2.45) is 5.41 Å². The number of amides is 1. The third-order valence-corrected chi connectivity index (χ3v) is 4.05. The SMILES string of the molecule is CCCC1(C(=O)N(CCCOC)CCOC)CCNC1. The molecule has 0 aliphatic carbocycles. The number of nitrogens with one attached hydrogen (secondary N) is 1. The Balaban J connectivity index is 2.67. The second kappa shape index (κ2) is 9.32. The molecule has 5 heteroatoms. The van der Waals surface area contributed by atoms with E-state index in [4.69, 9.17) is 9.47 Å². The van der Waals surface area contributed by atoms with Gasteiger partial charge in [-0.15, -0.1) is 0 Å². The van der Waals surface area contributed by atoms with Crippen molar-refractivity contribution in [2.75, 3.05) is 53.6 Å². The van der Waals surface area contributed by atoms with E-state index < -0.39 is 0 Å². The van der Waals surface area contributed by atoms with Crippen LogP contribution in [0, 0.1) is 5.41 Å². The fourth-order valence-corrected chi connectivity index (χ4v) is 2.98. The first-order valence-corrected chi connectivity index (χ1v) is 7.68. The van der Waals surface area contributed by atoms with Gasteiger partial charge in [-0.2, -0.15) is 0 Å². The monoisotopic (exact) mass is 286 g/mol. The van der Waals surface area contributed by atoms with Crippen LogP contribution in [0.25, 0.3) is 0 Å². The van der Waals surface area contributed by atoms with Gasteiger partial charge in [0.25, 0.3) is 0 Å². The van der Waals surface area contributed by atoms with E-state index in [1.165, 1.54) is 0 Å². The van der Waals surface area contributed by atoms with Gasteiger partial charge in [0.2, 0.25) is 5.91 Å². The number of nitrogens with zero attached hydrogens (tertiary/aromatic N) is 1. The molecular formula is C15H30N2O3. The highest BCUT2D eigenvalue weighted by Gasteiger charge is 2.42. The molecule has 0 aromatic heterocycles. The number of hydrogen-bond donors (Lipinski definition) is 1. The molecule has 5 nitrogen and oxygen atoms in total. The average molecular weight is 286 g/mol. The van der Waals surface area contributed by atoms with Gasteiger partial charge in [-0.1, -0.05) is 13.3 Å². The molecule has 1 saturated heterocycles. The average Bonchev–Trinajstić information content (AvgIpc) is 2.92. The maximum atomic E-state index is 12.9. The second-order valence-corrected chi connectivity index (χ2v) is 5.59. The first kappa shape index (κ1) is 17.4. The molecule has 1 atom stereocenters. The number of carbonyl (C=O) groups is 1. The topological polar surface area (TPSA) is 50.8 Å². The summed E-state index contributed by atoms with van der Waals surface area (Å²) in [5.74, 6) is 0.289. The second-order valence-electron chi connectivity index (χ2n) is 5.59. The summed E-state index contributed by atoms with van der Waals surface area (Å²) in [5.41, 5.74) is -0.199. The van der Waals surface area contributed by atoms with Crippen LogP contribution < -0.4 is 5.32 Å². The smallest absolute Gasteiger partial charge is 0.230 e. The molecular weight excluding hydrogens is 256 g/mol. The summed E-state index contributed by atoms with van der Waals surface area (Å²) in [6.07, 6.45) is 3.84. The minimum atomic E-state index is -0.199. The Morgan fingerprint density at radius 2 is 2.00 bits per heavy atom. The molecule has 20 heavy (non-hydrogen) atoms. The number of ether oxygens (including phenoxy) is 2. The Morgan fingerprint density at radius 3 is 2.55 bits per heavy atom. The number of carbonyl (C=O) groups excluding carboxylic acids is 1. The van der Waals surface area contributed by atoms with Gasteiger partial charge >= 0.3 is 0 Å². The molecule has 0 spiro atoms. The van der Waals surface area contributed by atoms with Gasteiger partial charge in [-0.3, -0.25) is 4.79 Å². The maximum absolute atomic E-state index is 12.9. The summed E-state index contributed by atoms with van der Waals surface area (Å²) in [6, 6.07) is 0. The first-order valence-electron chi connectivity index (χ1n) is 7.68. The summed E-state index contributed by atoms with van der Waals surface area (Å²) in [6.45, 7) is 6.61. The Morgan fingerprint density at radius 1 is 1.25 bits per heavy atom. The van der Waals surface area contributed by atoms with E-state index in [1.807, 2.05) is 4.90 Å². The molecule has 1 aliphatic rings. The van der Waals surface area contributed by atoms with Crippen molar-refractivity contribution in [3.05, 3.63) is 0 Å². The molecule has 1 N–H and O–H groups in total. The molecule has 1 unspecified atom stereocenters. The van der Waals surface area contributed by atoms with Gasteiger partial charge in [0.1, 0.15) is 0 Å². The summed E-state index contributed by atoms with van der Waals surface area (Å²) >= 11 is 0. The van der Waals surface area contributed by atoms with Crippen LogP contribution in [0.3, 0.4) is 0 Å². The van der Waals surface area contributed by atoms with Gasteiger partial charge in [0.05, 0.1) is 12.0 Å². The summed E-state index contributed by atoms with van der Waals surface area (Å²) in [4.78, 5) is 14.9. The summed E-state index contributed by atoms with van der Waals surface area (Å²) in [7, 11) is 3.37. The molecule has 118 valence electrons. The van der Waals surface area contributed by atoms with Crippen molar-refractivity contribution in [2.45, 2.75) is 32.6 Å². The van der Waals surface area contributed by atoms with Crippen LogP contribution in [-0.4, -0.2) is 64.4 Å². The summed E-state index contributed by atoms with van der Waals surface area (Å²) in [5, 5.41) is 3.35. The van der Waals surface area contributed by atoms with Crippen LogP contribution >= 0.6 is 0 Å². The highest BCUT2D eigenvalue weighted by Crippen LogP contribution is 2.33. The van der Waals surface area contributed by atoms with E-state index in [0.717, 1.165) is 45.3 Å². The zero-order chi connectivity index (χ0) is 14.8. The largest absolute Gasteiger partial charge is 0.385 e. The van der Waals surface area contributed by atoms with Gasteiger partial charge in [-0.05, 0) is 25.8 Å². The Bertz CT molecular complexity index is 278. The van der Waals surface area contributed by atoms with Crippen molar-refractivity contribution >= 4 is 5.91 Å². The lowest BCUT2D eigenvalue weighted by atomic mass is 9.81. The molecule has 1 rings (SSSR count). The Labute approximate surface area is 123 Å². The van der Waals surface area contributed by atoms with Crippen LogP contribution in [0.2, 0.25) is 0 Å². The molecule has 1 aliphatic heterocycles. The van der Waals surface area contributed by atoms with Crippen molar-refractivity contribution in [1.29, 1.82) is 0 Å². The van der Waals surface area contributed by atoms with Crippen LogP contribution in [0.5, 0.6) is 0 Å². The third kappa shape index (κ3) is 4.72. The normalized spacial score (nSPS) is 22.1. The van der Waals surface area contributed by atoms with E-state index in [0.29, 0.717) is 19.8 Å². The zero-order valence-electron chi connectivity index (χ0n) is 13.2. The first-order chi connectivity index (χ1) is 9.70. The van der Waals surface area contributed by atoms with Crippen molar-refractivity contribution in [1.82, 2.24) is 10.2 Å². The predicted octanol–water partition coefficient (Wildman–Crippen LogP) is 1.28. The lowest BCUT2D eigenvalue weighted by Gasteiger charge is -2.34. The Kier molecular flexibility index (Phi) is 8.11. The number of rotatable bonds is 10. The van der Waals surface area contributed by atoms with Crippen LogP contribution in [0.15, 0.2) is 0 Å². The minimum Gasteiger partial charge on any atom is -0.385 e. The molecule has 0 bridgehead atoms. The molecule has 1 amide bonds. The highest BCUT2D eigenvalue weighted by atomic mass is 16.5. The lowest BCUT2D eigenvalue weighted by Crippen LogP contribution is -2.47. The highest BCUT2D eigenvalue weighted by molar-refractivity contribution is 5.83. The van der Waals surface area contributed by atoms with Crippen LogP contribution in [0.4, 0.5) is 0 Å². The molecule has 0 radical (unpaired) electrons. The van der Waals surface area contributed by atoms with Gasteiger partial charge in [0.15, 0.2) is 0 Å². The van der Waals surface area contributed by atoms with Crippen molar-refractivity contribution in [3.8, 4) is 0 Å². The van der Waals surface area contributed by atoms with Crippen LogP contribution in [0.1, 0.15) is 32.6 Å². The fourth-order valence-electron chi connectivity index (χ4n) is 2.98. The molecule has 0 aromatic rings. The molecule has 0 aromatic carbocycles. The van der Waals surface area contributed by atoms with Crippen LogP contribution in [-0.2, 0) is 14.3 Å². The molecule has 0 saturated carbocycles. The minimum absolute atomic E-state index is 0.199. The Hall–Kier alpha value is -0.650. The van der Waals surface area contributed by atoms with E-state index in [9.17, 15) is 4.79 Å². The van der Waals surface area contributed by atoms with Gasteiger partial charge in [-0.25, -0.2) is 0 Å². The molecule has 1 heterocycles. The van der Waals surface area contributed by atoms with E-state index in [-0.39, 0.29) is 11.3 Å².